The molecule has 0 radical (unpaired) electrons. The topological polar surface area (TPSA) is 12.0 Å². The highest BCUT2D eigenvalue weighted by Gasteiger charge is 2.17. The second-order valence-electron chi connectivity index (χ2n) is 3.68. The lowest BCUT2D eigenvalue weighted by atomic mass is 9.96. The summed E-state index contributed by atoms with van der Waals surface area (Å²) in [5, 5.41) is 2.98. The third kappa shape index (κ3) is 2.29. The molecule has 0 fully saturated rings. The molecule has 0 saturated heterocycles. The molecule has 1 aromatic rings. The van der Waals surface area contributed by atoms with Crippen LogP contribution in [0.2, 0.25) is 0 Å². The minimum absolute atomic E-state index is 0.148. The molecule has 1 rings (SSSR count). The zero-order chi connectivity index (χ0) is 10.7. The van der Waals surface area contributed by atoms with Crippen LogP contribution in [0.5, 0.6) is 0 Å². The van der Waals surface area contributed by atoms with Crippen LogP contribution >= 0.6 is 0 Å². The average Bonchev–Trinajstić information content (AvgIpc) is 2.11. The quantitative estimate of drug-likeness (QED) is 0.789. The van der Waals surface area contributed by atoms with Crippen LogP contribution in [0.15, 0.2) is 18.2 Å². The highest BCUT2D eigenvalue weighted by molar-refractivity contribution is 5.22. The fourth-order valence-electron chi connectivity index (χ4n) is 1.60. The minimum Gasteiger partial charge on any atom is -0.313 e. The van der Waals surface area contributed by atoms with Gasteiger partial charge >= 0.3 is 0 Å². The van der Waals surface area contributed by atoms with Crippen molar-refractivity contribution in [2.45, 2.75) is 19.9 Å². The van der Waals surface area contributed by atoms with Crippen molar-refractivity contribution in [1.82, 2.24) is 5.32 Å². The zero-order valence-corrected chi connectivity index (χ0v) is 8.64. The van der Waals surface area contributed by atoms with E-state index < -0.39 is 5.82 Å². The minimum atomic E-state index is -0.401. The zero-order valence-electron chi connectivity index (χ0n) is 8.64. The first-order valence-electron chi connectivity index (χ1n) is 4.68. The van der Waals surface area contributed by atoms with E-state index in [-0.39, 0.29) is 17.8 Å². The smallest absolute Gasteiger partial charge is 0.128 e. The molecule has 0 heterocycles. The van der Waals surface area contributed by atoms with E-state index in [1.165, 1.54) is 6.07 Å². The van der Waals surface area contributed by atoms with Gasteiger partial charge in [-0.2, -0.15) is 0 Å². The summed E-state index contributed by atoms with van der Waals surface area (Å²) in [7, 11) is 1.75. The number of rotatable bonds is 3. The van der Waals surface area contributed by atoms with Gasteiger partial charge in [0.2, 0.25) is 0 Å². The van der Waals surface area contributed by atoms with Gasteiger partial charge in [-0.25, -0.2) is 8.78 Å². The lowest BCUT2D eigenvalue weighted by Crippen LogP contribution is -2.22. The maximum Gasteiger partial charge on any atom is 0.128 e. The Morgan fingerprint density at radius 3 is 2.36 bits per heavy atom. The number of nitrogens with one attached hydrogen (secondary N) is 1. The summed E-state index contributed by atoms with van der Waals surface area (Å²) in [5.74, 6) is -0.543. The number of hydrogen-bond donors (Lipinski definition) is 1. The van der Waals surface area contributed by atoms with Gasteiger partial charge in [0.25, 0.3) is 0 Å². The first kappa shape index (κ1) is 11.1. The standard InChI is InChI=1S/C11H15F2N/c1-7(2)11(14-3)9-6-8(12)4-5-10(9)13/h4-7,11,14H,1-3H3. The molecule has 0 aliphatic rings. The van der Waals surface area contributed by atoms with Gasteiger partial charge in [-0.1, -0.05) is 13.8 Å². The molecule has 78 valence electrons. The normalized spacial score (nSPS) is 13.3. The third-order valence-electron chi connectivity index (χ3n) is 2.27. The van der Waals surface area contributed by atoms with E-state index in [9.17, 15) is 8.78 Å². The first-order chi connectivity index (χ1) is 6.56. The van der Waals surface area contributed by atoms with E-state index >= 15 is 0 Å². The number of hydrogen-bond acceptors (Lipinski definition) is 1. The summed E-state index contributed by atoms with van der Waals surface area (Å²) < 4.78 is 26.3. The fourth-order valence-corrected chi connectivity index (χ4v) is 1.60. The molecule has 1 nitrogen and oxygen atoms in total. The Labute approximate surface area is 83.1 Å². The summed E-state index contributed by atoms with van der Waals surface area (Å²) >= 11 is 0. The Kier molecular flexibility index (Phi) is 3.58. The highest BCUT2D eigenvalue weighted by Crippen LogP contribution is 2.24. The van der Waals surface area contributed by atoms with Crippen molar-refractivity contribution in [2.75, 3.05) is 7.05 Å². The van der Waals surface area contributed by atoms with Crippen LogP contribution in [0, 0.1) is 17.6 Å². The summed E-state index contributed by atoms with van der Waals surface area (Å²) in [6.07, 6.45) is 0. The molecule has 0 aromatic heterocycles. The van der Waals surface area contributed by atoms with E-state index in [0.29, 0.717) is 5.56 Å². The second-order valence-corrected chi connectivity index (χ2v) is 3.68. The molecule has 1 N–H and O–H groups in total. The monoisotopic (exact) mass is 199 g/mol. The van der Waals surface area contributed by atoms with Gasteiger partial charge in [0.05, 0.1) is 0 Å². The second kappa shape index (κ2) is 4.51. The maximum atomic E-state index is 13.4. The van der Waals surface area contributed by atoms with Gasteiger partial charge in [0.15, 0.2) is 0 Å². The van der Waals surface area contributed by atoms with Crippen LogP contribution in [-0.4, -0.2) is 7.05 Å². The molecular formula is C11H15F2N. The van der Waals surface area contributed by atoms with Crippen LogP contribution < -0.4 is 5.32 Å². The molecule has 1 aromatic carbocycles. The lowest BCUT2D eigenvalue weighted by molar-refractivity contribution is 0.421. The van der Waals surface area contributed by atoms with E-state index in [1.54, 1.807) is 7.05 Å². The Morgan fingerprint density at radius 1 is 1.21 bits per heavy atom. The van der Waals surface area contributed by atoms with Crippen molar-refractivity contribution in [2.24, 2.45) is 5.92 Å². The molecule has 1 unspecified atom stereocenters. The number of halogens is 2. The van der Waals surface area contributed by atoms with Crippen LogP contribution in [-0.2, 0) is 0 Å². The lowest BCUT2D eigenvalue weighted by Gasteiger charge is -2.21. The average molecular weight is 199 g/mol. The number of benzene rings is 1. The van der Waals surface area contributed by atoms with Gasteiger partial charge in [0, 0.05) is 11.6 Å². The molecule has 1 atom stereocenters. The Morgan fingerprint density at radius 2 is 1.86 bits per heavy atom. The molecule has 14 heavy (non-hydrogen) atoms. The van der Waals surface area contributed by atoms with E-state index in [0.717, 1.165) is 12.1 Å². The Balaban J connectivity index is 3.08. The molecule has 3 heteroatoms. The van der Waals surface area contributed by atoms with Gasteiger partial charge in [-0.05, 0) is 31.2 Å². The molecule has 0 amide bonds. The van der Waals surface area contributed by atoms with Crippen molar-refractivity contribution in [3.05, 3.63) is 35.4 Å². The summed E-state index contributed by atoms with van der Waals surface area (Å²) in [5.41, 5.74) is 0.391. The molecule has 0 aliphatic carbocycles. The molecule has 0 aliphatic heterocycles. The van der Waals surface area contributed by atoms with Crippen LogP contribution in [0.25, 0.3) is 0 Å². The van der Waals surface area contributed by atoms with Crippen molar-refractivity contribution in [3.8, 4) is 0 Å². The van der Waals surface area contributed by atoms with Gasteiger partial charge in [-0.15, -0.1) is 0 Å². The van der Waals surface area contributed by atoms with E-state index in [4.69, 9.17) is 0 Å². The van der Waals surface area contributed by atoms with E-state index in [2.05, 4.69) is 5.32 Å². The Hall–Kier alpha value is -0.960. The van der Waals surface area contributed by atoms with E-state index in [1.807, 2.05) is 13.8 Å². The van der Waals surface area contributed by atoms with Crippen molar-refractivity contribution < 1.29 is 8.78 Å². The van der Waals surface area contributed by atoms with Crippen molar-refractivity contribution in [1.29, 1.82) is 0 Å². The fraction of sp³-hybridized carbons (Fsp3) is 0.455. The van der Waals surface area contributed by atoms with Crippen molar-refractivity contribution >= 4 is 0 Å². The summed E-state index contributed by atoms with van der Waals surface area (Å²) in [6.45, 7) is 3.93. The molecule has 0 spiro atoms. The van der Waals surface area contributed by atoms with Crippen LogP contribution in [0.3, 0.4) is 0 Å². The van der Waals surface area contributed by atoms with Crippen molar-refractivity contribution in [3.63, 3.8) is 0 Å². The summed E-state index contributed by atoms with van der Waals surface area (Å²) in [6, 6.07) is 3.39. The molecular weight excluding hydrogens is 184 g/mol. The predicted octanol–water partition coefficient (Wildman–Crippen LogP) is 2.88. The highest BCUT2D eigenvalue weighted by atomic mass is 19.1. The first-order valence-corrected chi connectivity index (χ1v) is 4.68. The Bertz CT molecular complexity index is 310. The van der Waals surface area contributed by atoms with Gasteiger partial charge in [-0.3, -0.25) is 0 Å². The van der Waals surface area contributed by atoms with Crippen LogP contribution in [0.4, 0.5) is 8.78 Å². The van der Waals surface area contributed by atoms with Gasteiger partial charge < -0.3 is 5.32 Å². The predicted molar refractivity (Wildman–Crippen MR) is 53.0 cm³/mol. The molecule has 0 bridgehead atoms. The third-order valence-corrected chi connectivity index (χ3v) is 2.27. The largest absolute Gasteiger partial charge is 0.313 e. The SMILES string of the molecule is CNC(c1cc(F)ccc1F)C(C)C. The van der Waals surface area contributed by atoms with Gasteiger partial charge in [0.1, 0.15) is 11.6 Å². The van der Waals surface area contributed by atoms with Crippen LogP contribution in [0.1, 0.15) is 25.5 Å². The maximum absolute atomic E-state index is 13.4. The molecule has 0 saturated carbocycles. The summed E-state index contributed by atoms with van der Waals surface area (Å²) in [4.78, 5) is 0.